The second kappa shape index (κ2) is 17.2. The number of aliphatic hydroxyl groups is 6. The van der Waals surface area contributed by atoms with Crippen molar-refractivity contribution in [3.8, 4) is 0 Å². The Morgan fingerprint density at radius 2 is 1.56 bits per heavy atom. The predicted molar refractivity (Wildman–Crippen MR) is 126 cm³/mol. The summed E-state index contributed by atoms with van der Waals surface area (Å²) in [6.07, 6.45) is -8.23. The van der Waals surface area contributed by atoms with E-state index in [0.29, 0.717) is 19.3 Å². The van der Waals surface area contributed by atoms with E-state index in [1.807, 2.05) is 13.8 Å². The Kier molecular flexibility index (Phi) is 15.6. The normalized spacial score (nSPS) is 27.7. The van der Waals surface area contributed by atoms with E-state index in [1.54, 1.807) is 0 Å². The third kappa shape index (κ3) is 11.8. The summed E-state index contributed by atoms with van der Waals surface area (Å²) < 4.78 is 16.5. The summed E-state index contributed by atoms with van der Waals surface area (Å²) in [5.41, 5.74) is 0. The number of esters is 1. The molecule has 0 aromatic heterocycles. The number of aliphatic hydroxyl groups excluding tert-OH is 6. The number of ether oxygens (including phenoxy) is 3. The number of aliphatic carboxylic acids is 1. The zero-order valence-electron chi connectivity index (χ0n) is 21.1. The van der Waals surface area contributed by atoms with Gasteiger partial charge in [-0.3, -0.25) is 9.59 Å². The van der Waals surface area contributed by atoms with E-state index >= 15 is 0 Å². The van der Waals surface area contributed by atoms with Crippen LogP contribution < -0.4 is 0 Å². The first-order valence-corrected chi connectivity index (χ1v) is 12.8. The summed E-state index contributed by atoms with van der Waals surface area (Å²) in [6, 6.07) is 0. The molecule has 1 aliphatic heterocycles. The van der Waals surface area contributed by atoms with Crippen molar-refractivity contribution in [2.75, 3.05) is 6.61 Å². The molecule has 9 unspecified atom stereocenters. The molecule has 0 amide bonds. The number of unbranched alkanes of at least 4 members (excludes halogenated alkanes) is 2. The second-order valence-corrected chi connectivity index (χ2v) is 9.43. The zero-order chi connectivity index (χ0) is 27.3. The molecule has 0 saturated carbocycles. The van der Waals surface area contributed by atoms with Crippen LogP contribution in [0.15, 0.2) is 0 Å². The van der Waals surface area contributed by atoms with E-state index in [-0.39, 0.29) is 19.3 Å². The Bertz CT molecular complexity index is 630. The van der Waals surface area contributed by atoms with Gasteiger partial charge in [-0.2, -0.15) is 0 Å². The molecule has 1 saturated heterocycles. The van der Waals surface area contributed by atoms with Crippen LogP contribution in [-0.4, -0.2) is 109 Å². The van der Waals surface area contributed by atoms with Crippen LogP contribution in [0.4, 0.5) is 0 Å². The molecule has 0 spiro atoms. The highest BCUT2D eigenvalue weighted by atomic mass is 16.7. The highest BCUT2D eigenvalue weighted by Gasteiger charge is 2.45. The molecule has 1 aliphatic rings. The fraction of sp³-hybridized carbons (Fsp3) is 0.917. The molecule has 0 aromatic rings. The second-order valence-electron chi connectivity index (χ2n) is 9.43. The Hall–Kier alpha value is -1.38. The molecule has 36 heavy (non-hydrogen) atoms. The number of carbonyl (C=O) groups excluding carboxylic acids is 1. The number of hydrogen-bond donors (Lipinski definition) is 7. The number of carboxylic acids is 1. The topological polar surface area (TPSA) is 203 Å². The van der Waals surface area contributed by atoms with Crippen molar-refractivity contribution >= 4 is 11.9 Å². The first kappa shape index (κ1) is 32.6. The van der Waals surface area contributed by atoms with Crippen molar-refractivity contribution in [2.24, 2.45) is 0 Å². The van der Waals surface area contributed by atoms with Crippen molar-refractivity contribution < 1.29 is 59.5 Å². The van der Waals surface area contributed by atoms with E-state index in [0.717, 1.165) is 19.3 Å². The number of carboxylic acid groups (broad SMARTS) is 1. The Morgan fingerprint density at radius 1 is 0.861 bits per heavy atom. The number of carbonyl (C=O) groups is 2. The Balaban J connectivity index is 2.87. The summed E-state index contributed by atoms with van der Waals surface area (Å²) in [5, 5.41) is 68.8. The molecule has 0 aliphatic carbocycles. The minimum absolute atomic E-state index is 0.0330. The Labute approximate surface area is 211 Å². The summed E-state index contributed by atoms with van der Waals surface area (Å²) in [4.78, 5) is 23.9. The van der Waals surface area contributed by atoms with Crippen LogP contribution in [0.25, 0.3) is 0 Å². The van der Waals surface area contributed by atoms with Gasteiger partial charge >= 0.3 is 11.9 Å². The van der Waals surface area contributed by atoms with Gasteiger partial charge in [0, 0.05) is 6.42 Å². The van der Waals surface area contributed by atoms with Gasteiger partial charge in [0.2, 0.25) is 0 Å². The van der Waals surface area contributed by atoms with Crippen LogP contribution in [0.5, 0.6) is 0 Å². The van der Waals surface area contributed by atoms with Crippen molar-refractivity contribution in [2.45, 2.75) is 133 Å². The molecule has 12 nitrogen and oxygen atoms in total. The standard InChI is InChI=1S/C24H44O12/c1-3-5-6-8-16(34-20(30)10-15(27)9-14(26)7-4-2)11-17(12-19(28)29)35-24-23(33)22(32)21(31)18(13-25)36-24/h14-18,21-27,31-33H,3-13H2,1-2H3,(H,28,29). The molecule has 0 bridgehead atoms. The van der Waals surface area contributed by atoms with Crippen molar-refractivity contribution in [3.63, 3.8) is 0 Å². The van der Waals surface area contributed by atoms with Crippen LogP contribution in [0.3, 0.4) is 0 Å². The molecule has 0 radical (unpaired) electrons. The smallest absolute Gasteiger partial charge is 0.308 e. The van der Waals surface area contributed by atoms with Crippen LogP contribution in [0.1, 0.15) is 78.1 Å². The van der Waals surface area contributed by atoms with Gasteiger partial charge in [-0.25, -0.2) is 0 Å². The van der Waals surface area contributed by atoms with Crippen LogP contribution in [0.2, 0.25) is 0 Å². The molecule has 1 rings (SSSR count). The van der Waals surface area contributed by atoms with Gasteiger partial charge in [-0.05, 0) is 25.7 Å². The van der Waals surface area contributed by atoms with E-state index in [9.17, 15) is 45.3 Å². The largest absolute Gasteiger partial charge is 0.481 e. The first-order valence-electron chi connectivity index (χ1n) is 12.8. The maximum atomic E-state index is 12.5. The van der Waals surface area contributed by atoms with Gasteiger partial charge in [0.05, 0.1) is 37.8 Å². The molecule has 0 aromatic carbocycles. The van der Waals surface area contributed by atoms with Crippen LogP contribution in [-0.2, 0) is 23.8 Å². The van der Waals surface area contributed by atoms with Gasteiger partial charge in [-0.1, -0.05) is 33.1 Å². The molecule has 12 heteroatoms. The lowest BCUT2D eigenvalue weighted by Crippen LogP contribution is -2.59. The lowest BCUT2D eigenvalue weighted by Gasteiger charge is -2.41. The minimum atomic E-state index is -1.70. The van der Waals surface area contributed by atoms with Crippen molar-refractivity contribution in [1.82, 2.24) is 0 Å². The number of hydrogen-bond acceptors (Lipinski definition) is 11. The molecule has 1 fully saturated rings. The maximum Gasteiger partial charge on any atom is 0.308 e. The fourth-order valence-electron chi connectivity index (χ4n) is 4.17. The summed E-state index contributed by atoms with van der Waals surface area (Å²) in [5.74, 6) is -1.92. The van der Waals surface area contributed by atoms with Gasteiger partial charge in [0.1, 0.15) is 30.5 Å². The minimum Gasteiger partial charge on any atom is -0.481 e. The molecule has 7 N–H and O–H groups in total. The van der Waals surface area contributed by atoms with Gasteiger partial charge in [0.25, 0.3) is 0 Å². The van der Waals surface area contributed by atoms with E-state index in [1.165, 1.54) is 0 Å². The maximum absolute atomic E-state index is 12.5. The Morgan fingerprint density at radius 3 is 2.14 bits per heavy atom. The highest BCUT2D eigenvalue weighted by molar-refractivity contribution is 5.70. The summed E-state index contributed by atoms with van der Waals surface area (Å²) in [7, 11) is 0. The van der Waals surface area contributed by atoms with Gasteiger partial charge < -0.3 is 50.0 Å². The average Bonchev–Trinajstić information content (AvgIpc) is 2.78. The fourth-order valence-corrected chi connectivity index (χ4v) is 4.17. The molecular weight excluding hydrogens is 480 g/mol. The van der Waals surface area contributed by atoms with Crippen LogP contribution >= 0.6 is 0 Å². The van der Waals surface area contributed by atoms with E-state index in [2.05, 4.69) is 0 Å². The van der Waals surface area contributed by atoms with Crippen molar-refractivity contribution in [3.05, 3.63) is 0 Å². The van der Waals surface area contributed by atoms with Crippen LogP contribution in [0, 0.1) is 0 Å². The lowest BCUT2D eigenvalue weighted by atomic mass is 9.98. The molecule has 1 heterocycles. The predicted octanol–water partition coefficient (Wildman–Crippen LogP) is -0.169. The summed E-state index contributed by atoms with van der Waals surface area (Å²) >= 11 is 0. The van der Waals surface area contributed by atoms with E-state index in [4.69, 9.17) is 14.2 Å². The SMILES string of the molecule is CCCCCC(CC(CC(=O)O)OC1OC(CO)C(O)C(O)C1O)OC(=O)CC(O)CC(O)CCC. The zero-order valence-corrected chi connectivity index (χ0v) is 21.1. The molecule has 212 valence electrons. The summed E-state index contributed by atoms with van der Waals surface area (Å²) in [6.45, 7) is 3.22. The van der Waals surface area contributed by atoms with Gasteiger partial charge in [-0.15, -0.1) is 0 Å². The highest BCUT2D eigenvalue weighted by Crippen LogP contribution is 2.26. The van der Waals surface area contributed by atoms with Gasteiger partial charge in [0.15, 0.2) is 6.29 Å². The molecular formula is C24H44O12. The van der Waals surface area contributed by atoms with E-state index < -0.39 is 80.1 Å². The third-order valence-corrected chi connectivity index (χ3v) is 6.10. The first-order chi connectivity index (χ1) is 17.0. The van der Waals surface area contributed by atoms with Crippen molar-refractivity contribution in [1.29, 1.82) is 0 Å². The molecule has 9 atom stereocenters. The number of rotatable bonds is 18. The quantitative estimate of drug-likeness (QED) is 0.0922. The monoisotopic (exact) mass is 524 g/mol. The third-order valence-electron chi connectivity index (χ3n) is 6.10. The average molecular weight is 525 g/mol. The lowest BCUT2D eigenvalue weighted by molar-refractivity contribution is -0.312.